The van der Waals surface area contributed by atoms with Crippen molar-refractivity contribution in [2.24, 2.45) is 5.92 Å². The first-order valence-corrected chi connectivity index (χ1v) is 5.20. The molecule has 3 unspecified atom stereocenters. The third kappa shape index (κ3) is 1.67. The van der Waals surface area contributed by atoms with Crippen molar-refractivity contribution in [1.82, 2.24) is 0 Å². The molecule has 2 aliphatic rings. The lowest BCUT2D eigenvalue weighted by Gasteiger charge is -2.46. The SMILES string of the molecule is CC1OCC2O[C@@H](C)C(C)[C@@H](O)[C@@H]2O1. The van der Waals surface area contributed by atoms with E-state index in [0.29, 0.717) is 6.61 Å². The maximum Gasteiger partial charge on any atom is 0.155 e. The zero-order chi connectivity index (χ0) is 10.3. The van der Waals surface area contributed by atoms with Crippen LogP contribution in [0.2, 0.25) is 0 Å². The van der Waals surface area contributed by atoms with E-state index in [1.165, 1.54) is 0 Å². The first kappa shape index (κ1) is 10.4. The minimum atomic E-state index is -0.449. The second kappa shape index (κ2) is 3.77. The first-order valence-electron chi connectivity index (χ1n) is 5.20. The van der Waals surface area contributed by atoms with Gasteiger partial charge in [0.1, 0.15) is 12.2 Å². The number of hydrogen-bond acceptors (Lipinski definition) is 4. The van der Waals surface area contributed by atoms with Crippen LogP contribution in [-0.4, -0.2) is 42.4 Å². The van der Waals surface area contributed by atoms with E-state index in [2.05, 4.69) is 0 Å². The molecule has 2 saturated heterocycles. The fourth-order valence-electron chi connectivity index (χ4n) is 2.07. The average molecular weight is 202 g/mol. The number of fused-ring (bicyclic) bond motifs is 1. The van der Waals surface area contributed by atoms with Crippen LogP contribution in [-0.2, 0) is 14.2 Å². The maximum atomic E-state index is 10.0. The molecule has 6 atom stereocenters. The summed E-state index contributed by atoms with van der Waals surface area (Å²) in [4.78, 5) is 0. The van der Waals surface area contributed by atoms with Crippen molar-refractivity contribution in [1.29, 1.82) is 0 Å². The number of hydrogen-bond donors (Lipinski definition) is 1. The predicted octanol–water partition coefficient (Wildman–Crippen LogP) is 0.532. The summed E-state index contributed by atoms with van der Waals surface area (Å²) in [5, 5.41) is 10.0. The molecule has 2 heterocycles. The lowest BCUT2D eigenvalue weighted by Crippen LogP contribution is -2.58. The average Bonchev–Trinajstić information content (AvgIpc) is 2.16. The van der Waals surface area contributed by atoms with Gasteiger partial charge in [-0.1, -0.05) is 6.92 Å². The highest BCUT2D eigenvalue weighted by Gasteiger charge is 2.45. The van der Waals surface area contributed by atoms with Gasteiger partial charge in [-0.15, -0.1) is 0 Å². The Hall–Kier alpha value is -0.160. The summed E-state index contributed by atoms with van der Waals surface area (Å²) >= 11 is 0. The van der Waals surface area contributed by atoms with E-state index >= 15 is 0 Å². The van der Waals surface area contributed by atoms with Gasteiger partial charge in [-0.25, -0.2) is 0 Å². The fourth-order valence-corrected chi connectivity index (χ4v) is 2.07. The molecule has 2 fully saturated rings. The zero-order valence-electron chi connectivity index (χ0n) is 8.84. The van der Waals surface area contributed by atoms with Crippen molar-refractivity contribution >= 4 is 0 Å². The van der Waals surface area contributed by atoms with Crippen molar-refractivity contribution in [3.63, 3.8) is 0 Å². The standard InChI is InChI=1S/C10H18O4/c1-5-6(2)13-8-4-12-7(3)14-10(8)9(5)11/h5-11H,4H2,1-3H3/t5?,6-,7?,8?,9+,10+/m0/s1. The lowest BCUT2D eigenvalue weighted by atomic mass is 9.88. The van der Waals surface area contributed by atoms with Crippen LogP contribution in [0.3, 0.4) is 0 Å². The minimum absolute atomic E-state index is 0.0619. The molecule has 0 amide bonds. The number of rotatable bonds is 0. The van der Waals surface area contributed by atoms with Crippen molar-refractivity contribution in [2.45, 2.75) is 51.5 Å². The third-order valence-electron chi connectivity index (χ3n) is 3.22. The zero-order valence-corrected chi connectivity index (χ0v) is 8.84. The van der Waals surface area contributed by atoms with Gasteiger partial charge in [0.2, 0.25) is 0 Å². The normalized spacial score (nSPS) is 54.0. The van der Waals surface area contributed by atoms with Crippen molar-refractivity contribution < 1.29 is 19.3 Å². The van der Waals surface area contributed by atoms with Crippen LogP contribution in [0.5, 0.6) is 0 Å². The Labute approximate surface area is 84.1 Å². The summed E-state index contributed by atoms with van der Waals surface area (Å²) in [5.41, 5.74) is 0. The van der Waals surface area contributed by atoms with Gasteiger partial charge in [0.15, 0.2) is 6.29 Å². The largest absolute Gasteiger partial charge is 0.390 e. The van der Waals surface area contributed by atoms with E-state index in [9.17, 15) is 5.11 Å². The summed E-state index contributed by atoms with van der Waals surface area (Å²) in [6, 6.07) is 0. The molecule has 0 bridgehead atoms. The molecule has 4 nitrogen and oxygen atoms in total. The smallest absolute Gasteiger partial charge is 0.155 e. The van der Waals surface area contributed by atoms with Crippen LogP contribution >= 0.6 is 0 Å². The number of ether oxygens (including phenoxy) is 3. The molecule has 14 heavy (non-hydrogen) atoms. The van der Waals surface area contributed by atoms with E-state index in [1.807, 2.05) is 20.8 Å². The third-order valence-corrected chi connectivity index (χ3v) is 3.22. The van der Waals surface area contributed by atoms with Gasteiger partial charge in [-0.3, -0.25) is 0 Å². The van der Waals surface area contributed by atoms with Gasteiger partial charge in [-0.05, 0) is 13.8 Å². The highest BCUT2D eigenvalue weighted by Crippen LogP contribution is 2.31. The van der Waals surface area contributed by atoms with Crippen LogP contribution in [0.1, 0.15) is 20.8 Å². The molecule has 82 valence electrons. The van der Waals surface area contributed by atoms with Crippen molar-refractivity contribution in [2.75, 3.05) is 6.61 Å². The Bertz CT molecular complexity index is 206. The van der Waals surface area contributed by atoms with Gasteiger partial charge in [-0.2, -0.15) is 0 Å². The molecular weight excluding hydrogens is 184 g/mol. The molecule has 2 aliphatic heterocycles. The topological polar surface area (TPSA) is 47.9 Å². The molecule has 1 N–H and O–H groups in total. The predicted molar refractivity (Wildman–Crippen MR) is 49.8 cm³/mol. The van der Waals surface area contributed by atoms with Gasteiger partial charge < -0.3 is 19.3 Å². The molecule has 0 aromatic heterocycles. The monoisotopic (exact) mass is 202 g/mol. The fraction of sp³-hybridized carbons (Fsp3) is 1.00. The summed E-state index contributed by atoms with van der Waals surface area (Å²) < 4.78 is 16.6. The summed E-state index contributed by atoms with van der Waals surface area (Å²) in [7, 11) is 0. The van der Waals surface area contributed by atoms with E-state index in [-0.39, 0.29) is 30.5 Å². The van der Waals surface area contributed by atoms with Crippen molar-refractivity contribution in [3.8, 4) is 0 Å². The minimum Gasteiger partial charge on any atom is -0.390 e. The van der Waals surface area contributed by atoms with Gasteiger partial charge >= 0.3 is 0 Å². The molecule has 4 heteroatoms. The maximum absolute atomic E-state index is 10.0. The van der Waals surface area contributed by atoms with Crippen molar-refractivity contribution in [3.05, 3.63) is 0 Å². The van der Waals surface area contributed by atoms with E-state index in [1.54, 1.807) is 0 Å². The van der Waals surface area contributed by atoms with E-state index < -0.39 is 6.10 Å². The van der Waals surface area contributed by atoms with Gasteiger partial charge in [0.25, 0.3) is 0 Å². The Morgan fingerprint density at radius 3 is 2.57 bits per heavy atom. The molecule has 2 rings (SSSR count). The second-order valence-corrected chi connectivity index (χ2v) is 4.23. The highest BCUT2D eigenvalue weighted by molar-refractivity contribution is 4.91. The Balaban J connectivity index is 2.08. The first-order chi connectivity index (χ1) is 6.59. The Morgan fingerprint density at radius 2 is 1.86 bits per heavy atom. The summed E-state index contributed by atoms with van der Waals surface area (Å²) in [6.07, 6.45) is -0.977. The number of aliphatic hydroxyl groups is 1. The molecule has 0 aromatic rings. The molecule has 0 radical (unpaired) electrons. The van der Waals surface area contributed by atoms with Crippen LogP contribution in [0.4, 0.5) is 0 Å². The lowest BCUT2D eigenvalue weighted by molar-refractivity contribution is -0.310. The van der Waals surface area contributed by atoms with Crippen LogP contribution in [0, 0.1) is 5.92 Å². The molecular formula is C10H18O4. The second-order valence-electron chi connectivity index (χ2n) is 4.23. The van der Waals surface area contributed by atoms with Gasteiger partial charge in [0.05, 0.1) is 18.8 Å². The molecule has 0 spiro atoms. The Morgan fingerprint density at radius 1 is 1.14 bits per heavy atom. The van der Waals surface area contributed by atoms with Crippen LogP contribution in [0.25, 0.3) is 0 Å². The molecule has 0 aromatic carbocycles. The van der Waals surface area contributed by atoms with E-state index in [0.717, 1.165) is 0 Å². The van der Waals surface area contributed by atoms with Gasteiger partial charge in [0, 0.05) is 5.92 Å². The highest BCUT2D eigenvalue weighted by atomic mass is 16.7. The quantitative estimate of drug-likeness (QED) is 0.622. The van der Waals surface area contributed by atoms with Crippen LogP contribution < -0.4 is 0 Å². The van der Waals surface area contributed by atoms with Crippen LogP contribution in [0.15, 0.2) is 0 Å². The summed E-state index contributed by atoms with van der Waals surface area (Å²) in [5.74, 6) is 0.113. The van der Waals surface area contributed by atoms with E-state index in [4.69, 9.17) is 14.2 Å². The molecule has 0 aliphatic carbocycles. The Kier molecular flexibility index (Phi) is 2.79. The number of aliphatic hydroxyl groups excluding tert-OH is 1. The summed E-state index contributed by atoms with van der Waals surface area (Å²) in [6.45, 7) is 6.31. The molecule has 0 saturated carbocycles.